The van der Waals surface area contributed by atoms with Crippen molar-refractivity contribution in [3.8, 4) is 11.3 Å². The Hall–Kier alpha value is -3.21. The van der Waals surface area contributed by atoms with Crippen molar-refractivity contribution in [2.45, 2.75) is 0 Å². The fraction of sp³-hybridized carbons (Fsp3) is 0. The van der Waals surface area contributed by atoms with E-state index < -0.39 is 0 Å². The molecule has 1 heterocycles. The van der Waals surface area contributed by atoms with E-state index in [1.807, 2.05) is 0 Å². The Kier molecular flexibility index (Phi) is 4.01. The van der Waals surface area contributed by atoms with Crippen LogP contribution >= 0.6 is 0 Å². The SMILES string of the molecule is O=Cc1ccc(-c2cccc(C(=O)Nc3ccc(F)cc3)c2)o1. The second-order valence-electron chi connectivity index (χ2n) is 4.86. The fourth-order valence-electron chi connectivity index (χ4n) is 2.12. The highest BCUT2D eigenvalue weighted by molar-refractivity contribution is 6.04. The first-order valence-corrected chi connectivity index (χ1v) is 6.88. The predicted octanol–water partition coefficient (Wildman–Crippen LogP) is 4.15. The number of nitrogens with one attached hydrogen (secondary N) is 1. The van der Waals surface area contributed by atoms with Crippen molar-refractivity contribution in [1.82, 2.24) is 0 Å². The monoisotopic (exact) mass is 309 g/mol. The smallest absolute Gasteiger partial charge is 0.255 e. The quantitative estimate of drug-likeness (QED) is 0.736. The first-order valence-electron chi connectivity index (χ1n) is 6.88. The maximum absolute atomic E-state index is 12.9. The van der Waals surface area contributed by atoms with Gasteiger partial charge in [0.15, 0.2) is 12.0 Å². The van der Waals surface area contributed by atoms with Crippen LogP contribution in [0.2, 0.25) is 0 Å². The lowest BCUT2D eigenvalue weighted by Crippen LogP contribution is -2.11. The van der Waals surface area contributed by atoms with Gasteiger partial charge in [0.25, 0.3) is 5.91 Å². The van der Waals surface area contributed by atoms with Gasteiger partial charge in [-0.25, -0.2) is 4.39 Å². The van der Waals surface area contributed by atoms with Crippen LogP contribution in [0.1, 0.15) is 20.9 Å². The molecule has 1 N–H and O–H groups in total. The zero-order valence-corrected chi connectivity index (χ0v) is 12.0. The number of aldehydes is 1. The summed E-state index contributed by atoms with van der Waals surface area (Å²) in [5, 5.41) is 2.69. The topological polar surface area (TPSA) is 59.3 Å². The minimum atomic E-state index is -0.367. The number of carbonyl (C=O) groups is 2. The third-order valence-electron chi connectivity index (χ3n) is 3.25. The number of anilines is 1. The maximum Gasteiger partial charge on any atom is 0.255 e. The molecule has 0 fully saturated rings. The minimum absolute atomic E-state index is 0.223. The first-order chi connectivity index (χ1) is 11.2. The molecule has 0 spiro atoms. The van der Waals surface area contributed by atoms with E-state index in [4.69, 9.17) is 4.42 Å². The molecule has 23 heavy (non-hydrogen) atoms. The minimum Gasteiger partial charge on any atom is -0.453 e. The van der Waals surface area contributed by atoms with Crippen molar-refractivity contribution < 1.29 is 18.4 Å². The van der Waals surface area contributed by atoms with Gasteiger partial charge in [0, 0.05) is 16.8 Å². The summed E-state index contributed by atoms with van der Waals surface area (Å²) in [4.78, 5) is 22.9. The molecule has 3 rings (SSSR count). The normalized spacial score (nSPS) is 10.3. The van der Waals surface area contributed by atoms with Gasteiger partial charge in [-0.2, -0.15) is 0 Å². The molecule has 4 nitrogen and oxygen atoms in total. The highest BCUT2D eigenvalue weighted by Gasteiger charge is 2.10. The van der Waals surface area contributed by atoms with Gasteiger partial charge in [-0.3, -0.25) is 9.59 Å². The average molecular weight is 309 g/mol. The van der Waals surface area contributed by atoms with Crippen LogP contribution in [0.15, 0.2) is 65.1 Å². The second-order valence-corrected chi connectivity index (χ2v) is 4.86. The van der Waals surface area contributed by atoms with Gasteiger partial charge < -0.3 is 9.73 Å². The van der Waals surface area contributed by atoms with Crippen LogP contribution in [0.3, 0.4) is 0 Å². The van der Waals surface area contributed by atoms with E-state index in [9.17, 15) is 14.0 Å². The fourth-order valence-corrected chi connectivity index (χ4v) is 2.12. The summed E-state index contributed by atoms with van der Waals surface area (Å²) in [5.74, 6) is 0.0409. The van der Waals surface area contributed by atoms with E-state index in [1.54, 1.807) is 36.4 Å². The number of amides is 1. The third-order valence-corrected chi connectivity index (χ3v) is 3.25. The average Bonchev–Trinajstić information content (AvgIpc) is 3.06. The van der Waals surface area contributed by atoms with E-state index >= 15 is 0 Å². The van der Waals surface area contributed by atoms with Gasteiger partial charge in [-0.15, -0.1) is 0 Å². The zero-order valence-electron chi connectivity index (χ0n) is 12.0. The Balaban J connectivity index is 1.82. The number of rotatable bonds is 4. The molecule has 0 saturated heterocycles. The molecule has 3 aromatic rings. The Labute approximate surface area is 131 Å². The van der Waals surface area contributed by atoms with Crippen LogP contribution in [0, 0.1) is 5.82 Å². The summed E-state index contributed by atoms with van der Waals surface area (Å²) in [6.07, 6.45) is 0.620. The van der Waals surface area contributed by atoms with Crippen molar-refractivity contribution in [1.29, 1.82) is 0 Å². The van der Waals surface area contributed by atoms with Gasteiger partial charge in [-0.1, -0.05) is 12.1 Å². The van der Waals surface area contributed by atoms with E-state index in [2.05, 4.69) is 5.32 Å². The molecule has 0 aliphatic rings. The van der Waals surface area contributed by atoms with E-state index in [1.165, 1.54) is 24.3 Å². The third kappa shape index (κ3) is 3.35. The molecule has 5 heteroatoms. The van der Waals surface area contributed by atoms with E-state index in [0.29, 0.717) is 28.9 Å². The molecule has 0 aliphatic heterocycles. The van der Waals surface area contributed by atoms with Gasteiger partial charge in [-0.05, 0) is 48.5 Å². The lowest BCUT2D eigenvalue weighted by atomic mass is 10.1. The number of carbonyl (C=O) groups excluding carboxylic acids is 2. The number of hydrogen-bond acceptors (Lipinski definition) is 3. The maximum atomic E-state index is 12.9. The van der Waals surface area contributed by atoms with Crippen LogP contribution in [0.4, 0.5) is 10.1 Å². The predicted molar refractivity (Wildman–Crippen MR) is 83.9 cm³/mol. The van der Waals surface area contributed by atoms with Crippen molar-refractivity contribution >= 4 is 17.9 Å². The van der Waals surface area contributed by atoms with Crippen LogP contribution in [0.25, 0.3) is 11.3 Å². The largest absolute Gasteiger partial charge is 0.453 e. The van der Waals surface area contributed by atoms with Crippen molar-refractivity contribution in [2.24, 2.45) is 0 Å². The Morgan fingerprint density at radius 3 is 2.52 bits per heavy atom. The molecule has 0 aliphatic carbocycles. The number of hydrogen-bond donors (Lipinski definition) is 1. The number of furan rings is 1. The van der Waals surface area contributed by atoms with Gasteiger partial charge in [0.2, 0.25) is 0 Å². The van der Waals surface area contributed by atoms with Gasteiger partial charge in [0.1, 0.15) is 11.6 Å². The van der Waals surface area contributed by atoms with Gasteiger partial charge >= 0.3 is 0 Å². The Morgan fingerprint density at radius 2 is 1.83 bits per heavy atom. The standard InChI is InChI=1S/C18H12FNO3/c19-14-4-6-15(7-5-14)20-18(22)13-3-1-2-12(10-13)17-9-8-16(11-21)23-17/h1-11H,(H,20,22). The number of halogens is 1. The summed E-state index contributed by atoms with van der Waals surface area (Å²) >= 11 is 0. The van der Waals surface area contributed by atoms with Crippen LogP contribution in [-0.2, 0) is 0 Å². The molecule has 0 saturated carbocycles. The molecule has 2 aromatic carbocycles. The van der Waals surface area contributed by atoms with Crippen molar-refractivity contribution in [3.63, 3.8) is 0 Å². The lowest BCUT2D eigenvalue weighted by molar-refractivity contribution is 0.102. The molecule has 0 atom stereocenters. The molecular weight excluding hydrogens is 297 g/mol. The van der Waals surface area contributed by atoms with Gasteiger partial charge in [0.05, 0.1) is 0 Å². The highest BCUT2D eigenvalue weighted by atomic mass is 19.1. The van der Waals surface area contributed by atoms with Crippen LogP contribution in [0.5, 0.6) is 0 Å². The molecule has 114 valence electrons. The lowest BCUT2D eigenvalue weighted by Gasteiger charge is -2.06. The number of benzene rings is 2. The zero-order chi connectivity index (χ0) is 16.2. The van der Waals surface area contributed by atoms with Crippen LogP contribution < -0.4 is 5.32 Å². The molecule has 0 radical (unpaired) electrons. The second kappa shape index (κ2) is 6.27. The summed E-state index contributed by atoms with van der Waals surface area (Å²) < 4.78 is 18.2. The van der Waals surface area contributed by atoms with E-state index in [-0.39, 0.29) is 17.5 Å². The highest BCUT2D eigenvalue weighted by Crippen LogP contribution is 2.23. The van der Waals surface area contributed by atoms with Crippen molar-refractivity contribution in [3.05, 3.63) is 77.8 Å². The summed E-state index contributed by atoms with van der Waals surface area (Å²) in [6, 6.07) is 15.6. The molecule has 1 amide bonds. The van der Waals surface area contributed by atoms with Crippen LogP contribution in [-0.4, -0.2) is 12.2 Å². The molecule has 0 bridgehead atoms. The molecule has 1 aromatic heterocycles. The Bertz CT molecular complexity index is 853. The van der Waals surface area contributed by atoms with Crippen molar-refractivity contribution in [2.75, 3.05) is 5.32 Å². The summed E-state index contributed by atoms with van der Waals surface area (Å²) in [6.45, 7) is 0. The summed E-state index contributed by atoms with van der Waals surface area (Å²) in [7, 11) is 0. The Morgan fingerprint density at radius 1 is 1.04 bits per heavy atom. The molecular formula is C18H12FNO3. The summed E-state index contributed by atoms with van der Waals surface area (Å²) in [5.41, 5.74) is 1.61. The first kappa shape index (κ1) is 14.7. The van der Waals surface area contributed by atoms with E-state index in [0.717, 1.165) is 0 Å². The molecule has 0 unspecified atom stereocenters.